The Balaban J connectivity index is 3.16. The van der Waals surface area contributed by atoms with Crippen molar-refractivity contribution in [1.82, 2.24) is 0 Å². The quantitative estimate of drug-likeness (QED) is 0.167. The van der Waals surface area contributed by atoms with Crippen LogP contribution >= 0.6 is 0 Å². The van der Waals surface area contributed by atoms with Crippen LogP contribution in [0, 0.1) is 0 Å². The van der Waals surface area contributed by atoms with Gasteiger partial charge in [0.1, 0.15) is 6.10 Å². The fourth-order valence-corrected chi connectivity index (χ4v) is 3.54. The molecule has 0 aromatic rings. The standard InChI is InChI=1S/C24H49NO2/c1-3-5-6-7-8-9-10-11-12-13-14-15-16-17-18-19-20-21-24(26)27-23(4-2)22-25/h23H,3-22,25H2,1-2H3. The zero-order chi connectivity index (χ0) is 20.0. The van der Waals surface area contributed by atoms with Gasteiger partial charge in [-0.15, -0.1) is 0 Å². The van der Waals surface area contributed by atoms with Crippen LogP contribution in [0.4, 0.5) is 0 Å². The van der Waals surface area contributed by atoms with Gasteiger partial charge in [0, 0.05) is 13.0 Å². The van der Waals surface area contributed by atoms with Crippen LogP contribution in [0.1, 0.15) is 136 Å². The number of rotatable bonds is 21. The maximum absolute atomic E-state index is 11.7. The van der Waals surface area contributed by atoms with Crippen molar-refractivity contribution in [2.75, 3.05) is 6.54 Å². The molecule has 0 aliphatic heterocycles. The molecule has 0 spiro atoms. The first-order valence-electron chi connectivity index (χ1n) is 12.1. The first-order chi connectivity index (χ1) is 13.2. The van der Waals surface area contributed by atoms with E-state index in [0.29, 0.717) is 13.0 Å². The van der Waals surface area contributed by atoms with Crippen molar-refractivity contribution in [3.63, 3.8) is 0 Å². The molecule has 0 radical (unpaired) electrons. The molecule has 1 atom stereocenters. The molecule has 0 rings (SSSR count). The molecule has 1 unspecified atom stereocenters. The summed E-state index contributed by atoms with van der Waals surface area (Å²) in [6.45, 7) is 4.71. The summed E-state index contributed by atoms with van der Waals surface area (Å²) in [6.07, 6.45) is 24.3. The first-order valence-corrected chi connectivity index (χ1v) is 12.1. The van der Waals surface area contributed by atoms with Crippen molar-refractivity contribution in [2.45, 2.75) is 142 Å². The number of carbonyl (C=O) groups excluding carboxylic acids is 1. The minimum absolute atomic E-state index is 0.0757. The molecule has 0 aromatic carbocycles. The third-order valence-electron chi connectivity index (χ3n) is 5.50. The Hall–Kier alpha value is -0.570. The van der Waals surface area contributed by atoms with E-state index in [1.54, 1.807) is 0 Å². The molecule has 0 fully saturated rings. The first kappa shape index (κ1) is 26.4. The molecule has 0 heterocycles. The number of ether oxygens (including phenoxy) is 1. The van der Waals surface area contributed by atoms with Crippen LogP contribution in [0.5, 0.6) is 0 Å². The molecule has 0 saturated heterocycles. The van der Waals surface area contributed by atoms with E-state index in [2.05, 4.69) is 6.92 Å². The average Bonchev–Trinajstić information content (AvgIpc) is 2.68. The average molecular weight is 384 g/mol. The van der Waals surface area contributed by atoms with Crippen LogP contribution in [0.3, 0.4) is 0 Å². The predicted octanol–water partition coefficient (Wildman–Crippen LogP) is 7.31. The highest BCUT2D eigenvalue weighted by Crippen LogP contribution is 2.14. The van der Waals surface area contributed by atoms with Crippen LogP contribution in [0.25, 0.3) is 0 Å². The molecule has 0 amide bonds. The topological polar surface area (TPSA) is 52.3 Å². The number of hydrogen-bond donors (Lipinski definition) is 1. The minimum Gasteiger partial charge on any atom is -0.461 e. The third-order valence-corrected chi connectivity index (χ3v) is 5.50. The molecular weight excluding hydrogens is 334 g/mol. The predicted molar refractivity (Wildman–Crippen MR) is 118 cm³/mol. The second kappa shape index (κ2) is 21.7. The van der Waals surface area contributed by atoms with Gasteiger partial charge in [-0.3, -0.25) is 4.79 Å². The summed E-state index contributed by atoms with van der Waals surface area (Å²) in [6, 6.07) is 0. The van der Waals surface area contributed by atoms with Crippen LogP contribution < -0.4 is 5.73 Å². The lowest BCUT2D eigenvalue weighted by molar-refractivity contribution is -0.148. The molecule has 3 nitrogen and oxygen atoms in total. The van der Waals surface area contributed by atoms with Gasteiger partial charge in [-0.25, -0.2) is 0 Å². The molecule has 27 heavy (non-hydrogen) atoms. The van der Waals surface area contributed by atoms with Crippen LogP contribution in [-0.4, -0.2) is 18.6 Å². The summed E-state index contributed by atoms with van der Waals surface area (Å²) in [5.74, 6) is -0.0757. The van der Waals surface area contributed by atoms with Crippen molar-refractivity contribution < 1.29 is 9.53 Å². The lowest BCUT2D eigenvalue weighted by Crippen LogP contribution is -2.25. The summed E-state index contributed by atoms with van der Waals surface area (Å²) in [4.78, 5) is 11.7. The molecule has 0 bridgehead atoms. The van der Waals surface area contributed by atoms with Gasteiger partial charge < -0.3 is 10.5 Å². The smallest absolute Gasteiger partial charge is 0.306 e. The second-order valence-electron chi connectivity index (χ2n) is 8.16. The molecule has 0 aromatic heterocycles. The molecular formula is C24H49NO2. The Labute approximate surface area is 170 Å². The van der Waals surface area contributed by atoms with Crippen LogP contribution in [0.2, 0.25) is 0 Å². The van der Waals surface area contributed by atoms with E-state index in [1.807, 2.05) is 6.92 Å². The van der Waals surface area contributed by atoms with Gasteiger partial charge in [0.05, 0.1) is 0 Å². The molecule has 0 saturated carbocycles. The fraction of sp³-hybridized carbons (Fsp3) is 0.958. The summed E-state index contributed by atoms with van der Waals surface area (Å²) < 4.78 is 5.31. The summed E-state index contributed by atoms with van der Waals surface area (Å²) in [5.41, 5.74) is 5.55. The van der Waals surface area contributed by atoms with Crippen molar-refractivity contribution in [3.05, 3.63) is 0 Å². The lowest BCUT2D eigenvalue weighted by atomic mass is 10.0. The van der Waals surface area contributed by atoms with Crippen LogP contribution in [0.15, 0.2) is 0 Å². The van der Waals surface area contributed by atoms with Crippen LogP contribution in [-0.2, 0) is 9.53 Å². The van der Waals surface area contributed by atoms with E-state index in [4.69, 9.17) is 10.5 Å². The number of unbranched alkanes of at least 4 members (excludes halogenated alkanes) is 16. The van der Waals surface area contributed by atoms with Crippen molar-refractivity contribution >= 4 is 5.97 Å². The zero-order valence-electron chi connectivity index (χ0n) is 18.6. The normalized spacial score (nSPS) is 12.3. The number of hydrogen-bond acceptors (Lipinski definition) is 3. The van der Waals surface area contributed by atoms with Gasteiger partial charge in [-0.05, 0) is 12.8 Å². The Morgan fingerprint density at radius 1 is 0.667 bits per heavy atom. The van der Waals surface area contributed by atoms with Crippen molar-refractivity contribution in [2.24, 2.45) is 5.73 Å². The van der Waals surface area contributed by atoms with E-state index in [0.717, 1.165) is 19.3 Å². The van der Waals surface area contributed by atoms with Gasteiger partial charge in [0.15, 0.2) is 0 Å². The molecule has 162 valence electrons. The van der Waals surface area contributed by atoms with E-state index >= 15 is 0 Å². The summed E-state index contributed by atoms with van der Waals surface area (Å²) in [5, 5.41) is 0. The van der Waals surface area contributed by atoms with Gasteiger partial charge in [0.25, 0.3) is 0 Å². The monoisotopic (exact) mass is 383 g/mol. The Morgan fingerprint density at radius 2 is 1.04 bits per heavy atom. The molecule has 2 N–H and O–H groups in total. The maximum Gasteiger partial charge on any atom is 0.306 e. The highest BCUT2D eigenvalue weighted by molar-refractivity contribution is 5.69. The van der Waals surface area contributed by atoms with E-state index < -0.39 is 0 Å². The second-order valence-corrected chi connectivity index (χ2v) is 8.16. The number of carbonyl (C=O) groups is 1. The highest BCUT2D eigenvalue weighted by Gasteiger charge is 2.09. The van der Waals surface area contributed by atoms with Crippen molar-refractivity contribution in [3.8, 4) is 0 Å². The van der Waals surface area contributed by atoms with E-state index in [1.165, 1.54) is 96.3 Å². The zero-order valence-corrected chi connectivity index (χ0v) is 18.6. The fourth-order valence-electron chi connectivity index (χ4n) is 3.54. The Bertz CT molecular complexity index is 303. The molecule has 3 heteroatoms. The van der Waals surface area contributed by atoms with Gasteiger partial charge in [-0.2, -0.15) is 0 Å². The Kier molecular flexibility index (Phi) is 21.3. The largest absolute Gasteiger partial charge is 0.461 e. The van der Waals surface area contributed by atoms with Crippen molar-refractivity contribution in [1.29, 1.82) is 0 Å². The SMILES string of the molecule is CCCCCCCCCCCCCCCCCCCC(=O)OC(CC)CN. The number of nitrogens with two attached hydrogens (primary N) is 1. The maximum atomic E-state index is 11.7. The van der Waals surface area contributed by atoms with E-state index in [-0.39, 0.29) is 12.1 Å². The van der Waals surface area contributed by atoms with Gasteiger partial charge >= 0.3 is 5.97 Å². The third kappa shape index (κ3) is 20.0. The van der Waals surface area contributed by atoms with Gasteiger partial charge in [0.2, 0.25) is 0 Å². The summed E-state index contributed by atoms with van der Waals surface area (Å²) in [7, 11) is 0. The number of esters is 1. The molecule has 0 aliphatic rings. The minimum atomic E-state index is -0.0942. The Morgan fingerprint density at radius 3 is 1.37 bits per heavy atom. The summed E-state index contributed by atoms with van der Waals surface area (Å²) >= 11 is 0. The van der Waals surface area contributed by atoms with Gasteiger partial charge in [-0.1, -0.05) is 117 Å². The lowest BCUT2D eigenvalue weighted by Gasteiger charge is -2.13. The van der Waals surface area contributed by atoms with E-state index in [9.17, 15) is 4.79 Å². The highest BCUT2D eigenvalue weighted by atomic mass is 16.5. The molecule has 0 aliphatic carbocycles.